The summed E-state index contributed by atoms with van der Waals surface area (Å²) >= 11 is 0. The van der Waals surface area contributed by atoms with Crippen molar-refractivity contribution in [3.05, 3.63) is 107 Å². The molecule has 7 aliphatic rings. The van der Waals surface area contributed by atoms with Crippen molar-refractivity contribution in [3.8, 4) is 34.8 Å². The first kappa shape index (κ1) is 79.4. The van der Waals surface area contributed by atoms with Gasteiger partial charge in [-0.25, -0.2) is 19.4 Å². The van der Waals surface area contributed by atoms with E-state index in [9.17, 15) is 38.4 Å². The number of imide groups is 1. The van der Waals surface area contributed by atoms with Gasteiger partial charge in [0.1, 0.15) is 24.4 Å². The second-order valence-electron chi connectivity index (χ2n) is 28.5. The van der Waals surface area contributed by atoms with Crippen LogP contribution in [0.4, 0.5) is 21.0 Å². The van der Waals surface area contributed by atoms with Crippen LogP contribution in [-0.2, 0) is 79.8 Å². The molecular weight excluding hydrogens is 1370 g/mol. The zero-order chi connectivity index (χ0) is 75.7. The Balaban J connectivity index is 0.833. The SMILES string of the molecule is C=C1C[C@H]2[C@H](OC3CCCCO3)N(C(=O)OC(C)(C)C)c3cc(OCc4cc(C#CCNC(=O)CCOCCOCCOCCOCCNC(=O)CCN5C(=O)C=CC5=O)cc(COc5cc6c(cc5OC)C(=O)N5CC(=C)C[C@H]5[C@H](OC5CCCCO5)N6C(=O)OC(C)(C)C)c4)c(OC)cc3C(=O)N2C1. The van der Waals surface area contributed by atoms with E-state index in [0.717, 1.165) is 41.7 Å². The van der Waals surface area contributed by atoms with Gasteiger partial charge in [0.05, 0.1) is 108 Å². The van der Waals surface area contributed by atoms with Gasteiger partial charge in [-0.3, -0.25) is 33.7 Å². The van der Waals surface area contributed by atoms with Crippen LogP contribution in [0, 0.1) is 11.8 Å². The Bertz CT molecular complexity index is 3610. The molecule has 4 fully saturated rings. The monoisotopic (exact) mass is 1470 g/mol. The average molecular weight is 1470 g/mol. The molecule has 4 saturated heterocycles. The van der Waals surface area contributed by atoms with Crippen molar-refractivity contribution in [2.24, 2.45) is 0 Å². The molecule has 2 N–H and O–H groups in total. The van der Waals surface area contributed by atoms with E-state index in [1.807, 2.05) is 18.2 Å². The molecule has 3 aromatic carbocycles. The minimum absolute atomic E-state index is 0.00140. The molecular formula is C77H99N7O22. The summed E-state index contributed by atoms with van der Waals surface area (Å²) in [4.78, 5) is 115. The number of hydrogen-bond acceptors (Lipinski definition) is 22. The van der Waals surface area contributed by atoms with E-state index < -0.39 is 72.3 Å². The summed E-state index contributed by atoms with van der Waals surface area (Å²) in [5.41, 5.74) is 2.00. The van der Waals surface area contributed by atoms with Gasteiger partial charge in [-0.1, -0.05) is 36.1 Å². The number of hydrogen-bond donors (Lipinski definition) is 2. The van der Waals surface area contributed by atoms with Crippen LogP contribution >= 0.6 is 0 Å². The van der Waals surface area contributed by atoms with Crippen LogP contribution in [0.25, 0.3) is 0 Å². The largest absolute Gasteiger partial charge is 0.493 e. The van der Waals surface area contributed by atoms with Crippen molar-refractivity contribution >= 4 is 59.0 Å². The summed E-state index contributed by atoms with van der Waals surface area (Å²) in [7, 11) is 2.90. The molecule has 29 heteroatoms. The zero-order valence-corrected chi connectivity index (χ0v) is 61.9. The predicted octanol–water partition coefficient (Wildman–Crippen LogP) is 8.01. The van der Waals surface area contributed by atoms with Gasteiger partial charge in [0, 0.05) is 82.1 Å². The Morgan fingerprint density at radius 3 is 1.45 bits per heavy atom. The minimum atomic E-state index is -1.06. The Morgan fingerprint density at radius 1 is 0.557 bits per heavy atom. The van der Waals surface area contributed by atoms with Crippen LogP contribution in [0.5, 0.6) is 23.0 Å². The summed E-state index contributed by atoms with van der Waals surface area (Å²) < 4.78 is 85.4. The molecule has 3 aromatic rings. The molecule has 0 bridgehead atoms. The highest BCUT2D eigenvalue weighted by atomic mass is 16.7. The van der Waals surface area contributed by atoms with E-state index in [-0.39, 0.29) is 154 Å². The number of methoxy groups -OCH3 is 2. The topological polar surface area (TPSA) is 306 Å². The van der Waals surface area contributed by atoms with Gasteiger partial charge in [0.15, 0.2) is 48.0 Å². The molecule has 0 radical (unpaired) electrons. The Morgan fingerprint density at radius 2 is 1.01 bits per heavy atom. The number of carbonyl (C=O) groups is 8. The van der Waals surface area contributed by atoms with Crippen LogP contribution in [-0.4, -0.2) is 224 Å². The van der Waals surface area contributed by atoms with Gasteiger partial charge >= 0.3 is 12.2 Å². The molecule has 29 nitrogen and oxygen atoms in total. The zero-order valence-electron chi connectivity index (χ0n) is 61.9. The number of ether oxygens (including phenoxy) is 14. The van der Waals surface area contributed by atoms with E-state index >= 15 is 0 Å². The third-order valence-corrected chi connectivity index (χ3v) is 17.9. The molecule has 0 spiro atoms. The number of amides is 8. The summed E-state index contributed by atoms with van der Waals surface area (Å²) in [6.07, 6.45) is 2.71. The number of rotatable bonds is 31. The summed E-state index contributed by atoms with van der Waals surface area (Å²) in [6.45, 7) is 22.6. The third kappa shape index (κ3) is 21.4. The molecule has 0 saturated carbocycles. The molecule has 8 amide bonds. The van der Waals surface area contributed by atoms with E-state index in [2.05, 4.69) is 35.6 Å². The van der Waals surface area contributed by atoms with Gasteiger partial charge < -0.3 is 86.7 Å². The highest BCUT2D eigenvalue weighted by molar-refractivity contribution is 6.13. The van der Waals surface area contributed by atoms with Crippen molar-refractivity contribution in [1.29, 1.82) is 0 Å². The molecule has 2 unspecified atom stereocenters. The molecule has 7 heterocycles. The smallest absolute Gasteiger partial charge is 0.417 e. The Kier molecular flexibility index (Phi) is 27.7. The fourth-order valence-corrected chi connectivity index (χ4v) is 13.0. The van der Waals surface area contributed by atoms with E-state index in [1.165, 1.54) is 36.2 Å². The maximum absolute atomic E-state index is 14.8. The first-order valence-electron chi connectivity index (χ1n) is 36.1. The number of anilines is 2. The number of benzene rings is 3. The molecule has 6 atom stereocenters. The summed E-state index contributed by atoms with van der Waals surface area (Å²) in [5.74, 6) is 4.76. The fraction of sp³-hybridized carbons (Fsp3) is 0.558. The Labute approximate surface area is 618 Å². The number of fused-ring (bicyclic) bond motifs is 4. The van der Waals surface area contributed by atoms with Gasteiger partial charge in [0.25, 0.3) is 23.6 Å². The lowest BCUT2D eigenvalue weighted by atomic mass is 10.1. The molecule has 574 valence electrons. The highest BCUT2D eigenvalue weighted by Crippen LogP contribution is 2.46. The average Bonchev–Trinajstić information content (AvgIpc) is 1.56. The predicted molar refractivity (Wildman–Crippen MR) is 384 cm³/mol. The van der Waals surface area contributed by atoms with Crippen molar-refractivity contribution < 1.29 is 105 Å². The van der Waals surface area contributed by atoms with Crippen molar-refractivity contribution in [2.45, 2.75) is 167 Å². The maximum atomic E-state index is 14.8. The Hall–Kier alpha value is -9.12. The number of nitrogens with zero attached hydrogens (tertiary/aromatic N) is 5. The second kappa shape index (κ2) is 36.9. The van der Waals surface area contributed by atoms with Crippen LogP contribution in [0.15, 0.2) is 78.9 Å². The summed E-state index contributed by atoms with van der Waals surface area (Å²) in [6, 6.07) is 10.4. The summed E-state index contributed by atoms with van der Waals surface area (Å²) in [5, 5.41) is 5.51. The first-order valence-corrected chi connectivity index (χ1v) is 36.1. The maximum Gasteiger partial charge on any atom is 0.417 e. The normalized spacial score (nSPS) is 20.8. The van der Waals surface area contributed by atoms with Crippen molar-refractivity contribution in [2.75, 3.05) is 123 Å². The highest BCUT2D eigenvalue weighted by Gasteiger charge is 2.51. The van der Waals surface area contributed by atoms with Gasteiger partial charge in [-0.2, -0.15) is 0 Å². The van der Waals surface area contributed by atoms with Crippen LogP contribution in [0.2, 0.25) is 0 Å². The minimum Gasteiger partial charge on any atom is -0.493 e. The van der Waals surface area contributed by atoms with Crippen molar-refractivity contribution in [1.82, 2.24) is 25.3 Å². The standard InChI is InChI=1S/C77H99N7O22/c1-49-36-58-72(103-68-17-11-13-26-99-68)83(74(91)105-76(3,4)5)56-43-62(60(93-9)41-54(56)70(89)81(58)45-49)101-47-52-38-51(16-15-23-78-65(86)22-28-95-30-32-97-34-35-98-33-31-96-29-24-79-64(85)21-25-80-66(87)19-20-67(80)88)39-53(40-52)48-102-63-44-57-55(42-61(63)94-10)71(90)82-46-50(2)37-59(82)73(104-69-18-12-14-27-100-69)84(57)75(92)106-77(6,7)8/h19-20,38-44,58-59,68-69,72-73H,1-2,11-14,17-18,21-37,45-48H2,3-10H3,(H,78,86)(H,79,85)/t58-,59-,68?,69?,72-,73-/m0/s1. The first-order chi connectivity index (χ1) is 50.8. The van der Waals surface area contributed by atoms with Crippen molar-refractivity contribution in [3.63, 3.8) is 0 Å². The third-order valence-electron chi connectivity index (χ3n) is 17.9. The van der Waals surface area contributed by atoms with Crippen LogP contribution in [0.1, 0.15) is 143 Å². The van der Waals surface area contributed by atoms with Crippen LogP contribution in [0.3, 0.4) is 0 Å². The van der Waals surface area contributed by atoms with E-state index in [4.69, 9.17) is 66.3 Å². The lowest BCUT2D eigenvalue weighted by Gasteiger charge is -2.39. The fourth-order valence-electron chi connectivity index (χ4n) is 13.0. The number of nitrogens with one attached hydrogen (secondary N) is 2. The van der Waals surface area contributed by atoms with Gasteiger partial charge in [0.2, 0.25) is 11.8 Å². The molecule has 106 heavy (non-hydrogen) atoms. The quantitative estimate of drug-likeness (QED) is 0.0267. The number of carbonyl (C=O) groups excluding carboxylic acids is 8. The molecule has 10 rings (SSSR count). The molecule has 0 aliphatic carbocycles. The van der Waals surface area contributed by atoms with Crippen LogP contribution < -0.4 is 39.4 Å². The van der Waals surface area contributed by atoms with E-state index in [1.54, 1.807) is 75.6 Å². The lowest BCUT2D eigenvalue weighted by Crippen LogP contribution is -2.54. The van der Waals surface area contributed by atoms with Gasteiger partial charge in [-0.15, -0.1) is 0 Å². The second-order valence-corrected chi connectivity index (χ2v) is 28.5. The van der Waals surface area contributed by atoms with E-state index in [0.29, 0.717) is 82.0 Å². The van der Waals surface area contributed by atoms with Gasteiger partial charge in [-0.05, 0) is 134 Å². The molecule has 0 aromatic heterocycles. The lowest BCUT2D eigenvalue weighted by molar-refractivity contribution is -0.196. The molecule has 7 aliphatic heterocycles.